The second-order valence-electron chi connectivity index (χ2n) is 3.70. The maximum atomic E-state index is 11.5. The molecule has 2 amide bonds. The summed E-state index contributed by atoms with van der Waals surface area (Å²) >= 11 is 4.88. The van der Waals surface area contributed by atoms with E-state index in [0.717, 1.165) is 9.35 Å². The van der Waals surface area contributed by atoms with Gasteiger partial charge in [0.1, 0.15) is 6.04 Å². The second-order valence-corrected chi connectivity index (χ2v) is 5.55. The Bertz CT molecular complexity index is 422. The number of thiophene rings is 1. The van der Waals surface area contributed by atoms with E-state index in [1.54, 1.807) is 0 Å². The van der Waals surface area contributed by atoms with Crippen LogP contribution in [0.5, 0.6) is 0 Å². The fourth-order valence-electron chi connectivity index (χ4n) is 1.37. The van der Waals surface area contributed by atoms with Crippen molar-refractivity contribution in [3.63, 3.8) is 0 Å². The molecule has 5 nitrogen and oxygen atoms in total. The number of carbonyl (C=O) groups excluding carboxylic acids is 1. The van der Waals surface area contributed by atoms with Crippen LogP contribution in [0.3, 0.4) is 0 Å². The third-order valence-corrected chi connectivity index (χ3v) is 4.21. The zero-order valence-corrected chi connectivity index (χ0v) is 12.3. The first-order valence-corrected chi connectivity index (χ1v) is 7.21. The zero-order chi connectivity index (χ0) is 13.5. The summed E-state index contributed by atoms with van der Waals surface area (Å²) in [6.45, 7) is 2.25. The molecule has 0 bridgehead atoms. The molecule has 0 radical (unpaired) electrons. The van der Waals surface area contributed by atoms with Crippen LogP contribution in [-0.4, -0.2) is 23.1 Å². The van der Waals surface area contributed by atoms with Gasteiger partial charge in [-0.2, -0.15) is 0 Å². The predicted molar refractivity (Wildman–Crippen MR) is 73.7 cm³/mol. The Balaban J connectivity index is 2.41. The smallest absolute Gasteiger partial charge is 0.326 e. The van der Waals surface area contributed by atoms with Crippen LogP contribution in [0.2, 0.25) is 0 Å². The van der Waals surface area contributed by atoms with Crippen molar-refractivity contribution in [3.8, 4) is 0 Å². The highest BCUT2D eigenvalue weighted by Crippen LogP contribution is 2.21. The number of amides is 2. The van der Waals surface area contributed by atoms with Crippen molar-refractivity contribution in [2.75, 3.05) is 0 Å². The van der Waals surface area contributed by atoms with E-state index in [9.17, 15) is 9.59 Å². The lowest BCUT2D eigenvalue weighted by Gasteiger charge is -2.14. The van der Waals surface area contributed by atoms with Gasteiger partial charge in [-0.25, -0.2) is 9.59 Å². The van der Waals surface area contributed by atoms with Gasteiger partial charge < -0.3 is 15.7 Å². The van der Waals surface area contributed by atoms with Gasteiger partial charge in [-0.3, -0.25) is 0 Å². The van der Waals surface area contributed by atoms with Gasteiger partial charge in [0.15, 0.2) is 0 Å². The molecule has 7 heteroatoms. The van der Waals surface area contributed by atoms with E-state index in [1.807, 2.05) is 18.4 Å². The van der Waals surface area contributed by atoms with Gasteiger partial charge in [0.25, 0.3) is 0 Å². The van der Waals surface area contributed by atoms with Gasteiger partial charge in [0, 0.05) is 9.35 Å². The van der Waals surface area contributed by atoms with E-state index in [4.69, 9.17) is 5.11 Å². The molecule has 0 aromatic carbocycles. The molecule has 0 aliphatic carbocycles. The number of urea groups is 1. The van der Waals surface area contributed by atoms with Crippen molar-refractivity contribution < 1.29 is 14.7 Å². The Labute approximate surface area is 118 Å². The topological polar surface area (TPSA) is 78.4 Å². The molecule has 0 unspecified atom stereocenters. The van der Waals surface area contributed by atoms with E-state index in [2.05, 4.69) is 26.6 Å². The summed E-state index contributed by atoms with van der Waals surface area (Å²) in [5.41, 5.74) is 0. The Morgan fingerprint density at radius 2 is 2.28 bits per heavy atom. The normalized spacial score (nSPS) is 11.9. The zero-order valence-electron chi connectivity index (χ0n) is 9.90. The monoisotopic (exact) mass is 334 g/mol. The quantitative estimate of drug-likeness (QED) is 0.748. The summed E-state index contributed by atoms with van der Waals surface area (Å²) in [6, 6.07) is 0.606. The average molecular weight is 335 g/mol. The Kier molecular flexibility index (Phi) is 6.14. The molecule has 0 saturated heterocycles. The highest BCUT2D eigenvalue weighted by atomic mass is 79.9. The number of aliphatic carboxylic acids is 1. The molecular weight excluding hydrogens is 320 g/mol. The molecule has 0 spiro atoms. The molecule has 18 heavy (non-hydrogen) atoms. The minimum absolute atomic E-state index is 0.378. The van der Waals surface area contributed by atoms with E-state index in [1.165, 1.54) is 11.3 Å². The lowest BCUT2D eigenvalue weighted by Crippen LogP contribution is -2.45. The second kappa shape index (κ2) is 7.38. The summed E-state index contributed by atoms with van der Waals surface area (Å²) in [5, 5.41) is 15.9. The van der Waals surface area contributed by atoms with Crippen LogP contribution in [0.15, 0.2) is 15.9 Å². The van der Waals surface area contributed by atoms with Crippen molar-refractivity contribution in [3.05, 3.63) is 20.8 Å². The maximum Gasteiger partial charge on any atom is 0.326 e. The molecule has 0 saturated carbocycles. The highest BCUT2D eigenvalue weighted by Gasteiger charge is 2.18. The van der Waals surface area contributed by atoms with Crippen LogP contribution in [0, 0.1) is 0 Å². The first-order valence-electron chi connectivity index (χ1n) is 5.53. The average Bonchev–Trinajstić information content (AvgIpc) is 2.71. The molecule has 0 fully saturated rings. The van der Waals surface area contributed by atoms with Crippen molar-refractivity contribution in [1.29, 1.82) is 0 Å². The van der Waals surface area contributed by atoms with Crippen LogP contribution in [-0.2, 0) is 11.3 Å². The van der Waals surface area contributed by atoms with E-state index in [-0.39, 0.29) is 0 Å². The number of nitrogens with one attached hydrogen (secondary N) is 2. The summed E-state index contributed by atoms with van der Waals surface area (Å²) in [6.07, 6.45) is 1.12. The highest BCUT2D eigenvalue weighted by molar-refractivity contribution is 9.10. The maximum absolute atomic E-state index is 11.5. The number of rotatable bonds is 6. The summed E-state index contributed by atoms with van der Waals surface area (Å²) < 4.78 is 0.941. The van der Waals surface area contributed by atoms with E-state index < -0.39 is 18.0 Å². The molecule has 100 valence electrons. The lowest BCUT2D eigenvalue weighted by molar-refractivity contribution is -0.139. The van der Waals surface area contributed by atoms with Gasteiger partial charge in [-0.05, 0) is 33.8 Å². The van der Waals surface area contributed by atoms with Crippen LogP contribution >= 0.6 is 27.3 Å². The number of halogens is 1. The van der Waals surface area contributed by atoms with Crippen LogP contribution in [0.4, 0.5) is 4.79 Å². The standard InChI is InChI=1S/C11H15BrN2O3S/c1-2-3-8(10(15)16)14-11(17)13-6-9-7(12)4-5-18-9/h4-5,8H,2-3,6H2,1H3,(H,15,16)(H2,13,14,17)/t8-/m0/s1. The number of hydrogen-bond donors (Lipinski definition) is 3. The Hall–Kier alpha value is -1.08. The number of hydrogen-bond acceptors (Lipinski definition) is 3. The molecule has 3 N–H and O–H groups in total. The van der Waals surface area contributed by atoms with Crippen molar-refractivity contribution in [2.45, 2.75) is 32.4 Å². The molecule has 1 aromatic rings. The van der Waals surface area contributed by atoms with Crippen molar-refractivity contribution in [2.24, 2.45) is 0 Å². The fourth-order valence-corrected chi connectivity index (χ4v) is 2.80. The SMILES string of the molecule is CCC[C@H](NC(=O)NCc1sccc1Br)C(=O)O. The van der Waals surface area contributed by atoms with Gasteiger partial charge in [0.05, 0.1) is 6.54 Å². The van der Waals surface area contributed by atoms with Crippen LogP contribution in [0.1, 0.15) is 24.6 Å². The predicted octanol–water partition coefficient (Wildman–Crippen LogP) is 2.56. The number of carboxylic acids is 1. The third-order valence-electron chi connectivity index (χ3n) is 2.28. The van der Waals surface area contributed by atoms with Gasteiger partial charge >= 0.3 is 12.0 Å². The van der Waals surface area contributed by atoms with Crippen molar-refractivity contribution >= 4 is 39.3 Å². The first-order chi connectivity index (χ1) is 8.54. The number of carboxylic acid groups (broad SMARTS) is 1. The molecule has 1 rings (SSSR count). The molecule has 0 aliphatic rings. The fraction of sp³-hybridized carbons (Fsp3) is 0.455. The Morgan fingerprint density at radius 1 is 1.56 bits per heavy atom. The summed E-state index contributed by atoms with van der Waals surface area (Å²) in [4.78, 5) is 23.4. The molecule has 1 atom stereocenters. The minimum atomic E-state index is -1.01. The largest absolute Gasteiger partial charge is 0.480 e. The van der Waals surface area contributed by atoms with Gasteiger partial charge in [-0.15, -0.1) is 11.3 Å². The van der Waals surface area contributed by atoms with E-state index in [0.29, 0.717) is 19.4 Å². The molecular formula is C11H15BrN2O3S. The van der Waals surface area contributed by atoms with E-state index >= 15 is 0 Å². The number of carbonyl (C=O) groups is 2. The van der Waals surface area contributed by atoms with Crippen molar-refractivity contribution in [1.82, 2.24) is 10.6 Å². The Morgan fingerprint density at radius 3 is 2.78 bits per heavy atom. The van der Waals surface area contributed by atoms with Gasteiger partial charge in [0.2, 0.25) is 0 Å². The summed E-state index contributed by atoms with van der Waals surface area (Å²) in [7, 11) is 0. The molecule has 1 heterocycles. The molecule has 1 aromatic heterocycles. The lowest BCUT2D eigenvalue weighted by atomic mass is 10.2. The third kappa shape index (κ3) is 4.66. The van der Waals surface area contributed by atoms with Gasteiger partial charge in [-0.1, -0.05) is 13.3 Å². The first kappa shape index (κ1) is 15.0. The summed E-state index contributed by atoms with van der Waals surface area (Å²) in [5.74, 6) is -1.01. The minimum Gasteiger partial charge on any atom is -0.480 e. The molecule has 0 aliphatic heterocycles. The van der Waals surface area contributed by atoms with Crippen LogP contribution in [0.25, 0.3) is 0 Å². The van der Waals surface area contributed by atoms with Crippen LogP contribution < -0.4 is 10.6 Å².